The summed E-state index contributed by atoms with van der Waals surface area (Å²) in [5.41, 5.74) is 10.4. The first-order valence-corrected chi connectivity index (χ1v) is 5.05. The van der Waals surface area contributed by atoms with Gasteiger partial charge in [-0.25, -0.2) is 10.2 Å². The number of nitrogens with two attached hydrogens (primary N) is 1. The Kier molecular flexibility index (Phi) is 4.02. The van der Waals surface area contributed by atoms with Gasteiger partial charge in [0.25, 0.3) is 0 Å². The number of primary amides is 1. The minimum Gasteiger partial charge on any atom is -0.351 e. The fourth-order valence-electron chi connectivity index (χ4n) is 2.11. The molecule has 0 saturated heterocycles. The van der Waals surface area contributed by atoms with E-state index in [2.05, 4.69) is 17.8 Å². The van der Waals surface area contributed by atoms with E-state index in [0.717, 1.165) is 6.42 Å². The molecule has 4 nitrogen and oxygen atoms in total. The second-order valence-corrected chi connectivity index (χ2v) is 3.72. The van der Waals surface area contributed by atoms with Gasteiger partial charge in [0.2, 0.25) is 0 Å². The highest BCUT2D eigenvalue weighted by atomic mass is 16.2. The Morgan fingerprint density at radius 3 is 2.92 bits per heavy atom. The lowest BCUT2D eigenvalue weighted by atomic mass is 9.99. The molecule has 0 aromatic heterocycles. The standard InChI is InChI=1S/C9H19N3O/c1-2-4-7-5-3-6-8(7)11-12-9(10)13/h7-8,11H,2-6H2,1H3,(H3,10,12,13). The molecule has 0 aromatic carbocycles. The van der Waals surface area contributed by atoms with Gasteiger partial charge in [-0.3, -0.25) is 5.43 Å². The van der Waals surface area contributed by atoms with Gasteiger partial charge in [0.15, 0.2) is 0 Å². The number of hydrogen-bond acceptors (Lipinski definition) is 2. The van der Waals surface area contributed by atoms with E-state index in [9.17, 15) is 4.79 Å². The molecule has 2 atom stereocenters. The van der Waals surface area contributed by atoms with E-state index in [-0.39, 0.29) is 0 Å². The van der Waals surface area contributed by atoms with Crippen LogP contribution in [0.15, 0.2) is 0 Å². The van der Waals surface area contributed by atoms with Crippen LogP contribution in [0.2, 0.25) is 0 Å². The summed E-state index contributed by atoms with van der Waals surface area (Å²) in [6.07, 6.45) is 6.11. The van der Waals surface area contributed by atoms with Crippen LogP contribution in [0.4, 0.5) is 4.79 Å². The molecule has 0 aliphatic heterocycles. The molecule has 0 heterocycles. The monoisotopic (exact) mass is 185 g/mol. The van der Waals surface area contributed by atoms with E-state index in [4.69, 9.17) is 5.73 Å². The van der Waals surface area contributed by atoms with Gasteiger partial charge in [0.05, 0.1) is 0 Å². The van der Waals surface area contributed by atoms with Gasteiger partial charge in [-0.2, -0.15) is 0 Å². The zero-order valence-electron chi connectivity index (χ0n) is 8.18. The number of hydrazine groups is 1. The van der Waals surface area contributed by atoms with Gasteiger partial charge in [0, 0.05) is 6.04 Å². The Morgan fingerprint density at radius 1 is 1.54 bits per heavy atom. The third-order valence-corrected chi connectivity index (χ3v) is 2.70. The molecule has 13 heavy (non-hydrogen) atoms. The summed E-state index contributed by atoms with van der Waals surface area (Å²) in [5.74, 6) is 0.705. The third-order valence-electron chi connectivity index (χ3n) is 2.70. The van der Waals surface area contributed by atoms with Crippen molar-refractivity contribution in [1.29, 1.82) is 0 Å². The smallest absolute Gasteiger partial charge is 0.326 e. The molecule has 4 heteroatoms. The van der Waals surface area contributed by atoms with Crippen LogP contribution in [-0.2, 0) is 0 Å². The molecule has 1 rings (SSSR count). The summed E-state index contributed by atoms with van der Waals surface area (Å²) in [4.78, 5) is 10.5. The average molecular weight is 185 g/mol. The highest BCUT2D eigenvalue weighted by molar-refractivity contribution is 5.70. The van der Waals surface area contributed by atoms with E-state index < -0.39 is 6.03 Å². The largest absolute Gasteiger partial charge is 0.351 e. The third kappa shape index (κ3) is 3.22. The van der Waals surface area contributed by atoms with Crippen LogP contribution in [0.25, 0.3) is 0 Å². The minimum atomic E-state index is -0.498. The summed E-state index contributed by atoms with van der Waals surface area (Å²) >= 11 is 0. The summed E-state index contributed by atoms with van der Waals surface area (Å²) in [5, 5.41) is 0. The Labute approximate surface area is 79.2 Å². The Bertz CT molecular complexity index is 172. The fourth-order valence-corrected chi connectivity index (χ4v) is 2.11. The van der Waals surface area contributed by atoms with Crippen LogP contribution in [0.1, 0.15) is 39.0 Å². The Morgan fingerprint density at radius 2 is 2.31 bits per heavy atom. The predicted molar refractivity (Wildman–Crippen MR) is 51.9 cm³/mol. The second kappa shape index (κ2) is 5.07. The first-order chi connectivity index (χ1) is 6.24. The molecule has 4 N–H and O–H groups in total. The van der Waals surface area contributed by atoms with Gasteiger partial charge in [-0.05, 0) is 25.2 Å². The van der Waals surface area contributed by atoms with E-state index in [1.807, 2.05) is 0 Å². The average Bonchev–Trinajstić information content (AvgIpc) is 2.49. The fraction of sp³-hybridized carbons (Fsp3) is 0.889. The summed E-state index contributed by atoms with van der Waals surface area (Å²) in [6.45, 7) is 2.19. The van der Waals surface area contributed by atoms with Crippen molar-refractivity contribution in [1.82, 2.24) is 10.9 Å². The zero-order chi connectivity index (χ0) is 9.68. The molecular weight excluding hydrogens is 166 g/mol. The quantitative estimate of drug-likeness (QED) is 0.575. The summed E-state index contributed by atoms with van der Waals surface area (Å²) < 4.78 is 0. The molecule has 76 valence electrons. The maximum absolute atomic E-state index is 10.5. The van der Waals surface area contributed by atoms with Gasteiger partial charge >= 0.3 is 6.03 Å². The van der Waals surface area contributed by atoms with Crippen molar-refractivity contribution in [2.75, 3.05) is 0 Å². The van der Waals surface area contributed by atoms with E-state index >= 15 is 0 Å². The Hall–Kier alpha value is -0.770. The highest BCUT2D eigenvalue weighted by Gasteiger charge is 2.26. The molecule has 2 unspecified atom stereocenters. The molecular formula is C9H19N3O. The molecule has 2 amide bonds. The maximum Gasteiger partial charge on any atom is 0.326 e. The van der Waals surface area contributed by atoms with E-state index in [0.29, 0.717) is 12.0 Å². The van der Waals surface area contributed by atoms with Crippen molar-refractivity contribution in [3.63, 3.8) is 0 Å². The van der Waals surface area contributed by atoms with Crippen LogP contribution in [0.5, 0.6) is 0 Å². The summed E-state index contributed by atoms with van der Waals surface area (Å²) in [7, 11) is 0. The lowest BCUT2D eigenvalue weighted by Gasteiger charge is -2.19. The zero-order valence-corrected chi connectivity index (χ0v) is 8.18. The number of carbonyl (C=O) groups excluding carboxylic acids is 1. The molecule has 1 aliphatic rings. The summed E-state index contributed by atoms with van der Waals surface area (Å²) in [6, 6.07) is -0.0744. The van der Waals surface area contributed by atoms with Crippen LogP contribution >= 0.6 is 0 Å². The van der Waals surface area contributed by atoms with Crippen LogP contribution in [0.3, 0.4) is 0 Å². The van der Waals surface area contributed by atoms with Crippen LogP contribution in [-0.4, -0.2) is 12.1 Å². The van der Waals surface area contributed by atoms with Crippen molar-refractivity contribution in [3.8, 4) is 0 Å². The number of carbonyl (C=O) groups is 1. The normalized spacial score (nSPS) is 27.5. The molecule has 1 aliphatic carbocycles. The highest BCUT2D eigenvalue weighted by Crippen LogP contribution is 2.28. The lowest BCUT2D eigenvalue weighted by Crippen LogP contribution is -2.48. The van der Waals surface area contributed by atoms with Crippen LogP contribution < -0.4 is 16.6 Å². The Balaban J connectivity index is 2.26. The first-order valence-electron chi connectivity index (χ1n) is 5.05. The molecule has 0 spiro atoms. The van der Waals surface area contributed by atoms with Gasteiger partial charge < -0.3 is 5.73 Å². The van der Waals surface area contributed by atoms with Crippen molar-refractivity contribution in [3.05, 3.63) is 0 Å². The molecule has 0 radical (unpaired) electrons. The van der Waals surface area contributed by atoms with Crippen molar-refractivity contribution < 1.29 is 4.79 Å². The van der Waals surface area contributed by atoms with E-state index in [1.54, 1.807) is 0 Å². The maximum atomic E-state index is 10.5. The molecule has 0 aromatic rings. The number of hydrogen-bond donors (Lipinski definition) is 3. The number of nitrogens with one attached hydrogen (secondary N) is 2. The molecule has 1 fully saturated rings. The first kappa shape index (κ1) is 10.3. The lowest BCUT2D eigenvalue weighted by molar-refractivity contribution is 0.238. The van der Waals surface area contributed by atoms with Gasteiger partial charge in [0.1, 0.15) is 0 Å². The second-order valence-electron chi connectivity index (χ2n) is 3.72. The number of rotatable bonds is 4. The topological polar surface area (TPSA) is 67.2 Å². The molecule has 1 saturated carbocycles. The molecule has 0 bridgehead atoms. The van der Waals surface area contributed by atoms with Gasteiger partial charge in [-0.1, -0.05) is 19.8 Å². The SMILES string of the molecule is CCCC1CCCC1NNC(N)=O. The van der Waals surface area contributed by atoms with Gasteiger partial charge in [-0.15, -0.1) is 0 Å². The van der Waals surface area contributed by atoms with Crippen molar-refractivity contribution >= 4 is 6.03 Å². The van der Waals surface area contributed by atoms with Crippen molar-refractivity contribution in [2.24, 2.45) is 11.7 Å². The van der Waals surface area contributed by atoms with E-state index in [1.165, 1.54) is 25.7 Å². The van der Waals surface area contributed by atoms with Crippen LogP contribution in [0, 0.1) is 5.92 Å². The minimum absolute atomic E-state index is 0.424. The van der Waals surface area contributed by atoms with Crippen molar-refractivity contribution in [2.45, 2.75) is 45.1 Å². The predicted octanol–water partition coefficient (Wildman–Crippen LogP) is 1.13. The number of urea groups is 1. The number of amides is 2.